The molecule has 3 N–H and O–H groups in total. The van der Waals surface area contributed by atoms with Crippen molar-refractivity contribution in [3.05, 3.63) is 0 Å². The normalized spacial score (nSPS) is 15.0. The minimum atomic E-state index is -1.03. The molecule has 0 bridgehead atoms. The summed E-state index contributed by atoms with van der Waals surface area (Å²) in [4.78, 5) is 10.2. The first-order valence-electron chi connectivity index (χ1n) is 3.07. The van der Waals surface area contributed by atoms with Crippen LogP contribution in [-0.2, 0) is 4.79 Å². The number of carbonyl (C=O) groups is 1. The number of carboxylic acid groups (broad SMARTS) is 1. The molecule has 0 fully saturated rings. The maximum atomic E-state index is 10.2. The molecule has 5 heteroatoms. The Labute approximate surface area is 69.4 Å². The molecule has 62 valence electrons. The van der Waals surface area contributed by atoms with Crippen molar-refractivity contribution in [1.29, 1.82) is 5.26 Å². The predicted octanol–water partition coefficient (Wildman–Crippen LogP) is 0.0436. The van der Waals surface area contributed by atoms with Gasteiger partial charge in [0.1, 0.15) is 6.04 Å². The molecular weight excluding hydrogens is 164 g/mol. The van der Waals surface area contributed by atoms with Crippen molar-refractivity contribution in [3.8, 4) is 6.07 Å². The molecule has 0 aliphatic heterocycles. The third-order valence-corrected chi connectivity index (χ3v) is 2.18. The Morgan fingerprint density at radius 3 is 2.82 bits per heavy atom. The maximum Gasteiger partial charge on any atom is 0.321 e. The molecule has 0 spiro atoms. The first kappa shape index (κ1) is 10.3. The number of thioether (sulfide) groups is 1. The highest BCUT2D eigenvalue weighted by molar-refractivity contribution is 8.00. The van der Waals surface area contributed by atoms with Crippen LogP contribution in [0.15, 0.2) is 0 Å². The van der Waals surface area contributed by atoms with Crippen molar-refractivity contribution in [2.24, 2.45) is 5.73 Å². The van der Waals surface area contributed by atoms with Crippen LogP contribution in [0.3, 0.4) is 0 Å². The van der Waals surface area contributed by atoms with Crippen LogP contribution in [0.25, 0.3) is 0 Å². The standard InChI is InChI=1S/C6H10N2O2S/c1-4(2-7)11-3-5(8)6(9)10/h4-5H,3,8H2,1H3,(H,9,10)/t4?,5-/m0/s1. The van der Waals surface area contributed by atoms with Gasteiger partial charge in [0.05, 0.1) is 11.3 Å². The fourth-order valence-corrected chi connectivity index (χ4v) is 1.07. The number of carboxylic acids is 1. The Bertz CT molecular complexity index is 178. The van der Waals surface area contributed by atoms with E-state index in [4.69, 9.17) is 16.1 Å². The van der Waals surface area contributed by atoms with Crippen molar-refractivity contribution < 1.29 is 9.90 Å². The molecule has 0 aromatic carbocycles. The van der Waals surface area contributed by atoms with Crippen LogP contribution in [0.2, 0.25) is 0 Å². The molecule has 0 aromatic heterocycles. The zero-order valence-electron chi connectivity index (χ0n) is 6.15. The van der Waals surface area contributed by atoms with Crippen molar-refractivity contribution in [3.63, 3.8) is 0 Å². The van der Waals surface area contributed by atoms with Gasteiger partial charge in [-0.1, -0.05) is 0 Å². The van der Waals surface area contributed by atoms with Crippen LogP contribution in [-0.4, -0.2) is 28.1 Å². The number of rotatable bonds is 4. The van der Waals surface area contributed by atoms with Gasteiger partial charge >= 0.3 is 5.97 Å². The van der Waals surface area contributed by atoms with Crippen LogP contribution < -0.4 is 5.73 Å². The lowest BCUT2D eigenvalue weighted by Crippen LogP contribution is -2.32. The van der Waals surface area contributed by atoms with E-state index in [1.54, 1.807) is 6.92 Å². The van der Waals surface area contributed by atoms with Gasteiger partial charge in [-0.3, -0.25) is 4.79 Å². The second kappa shape index (κ2) is 4.99. The summed E-state index contributed by atoms with van der Waals surface area (Å²) in [5, 5.41) is 16.5. The van der Waals surface area contributed by atoms with Gasteiger partial charge in [0.15, 0.2) is 0 Å². The molecule has 0 aliphatic carbocycles. The van der Waals surface area contributed by atoms with Crippen molar-refractivity contribution in [1.82, 2.24) is 0 Å². The Morgan fingerprint density at radius 1 is 1.91 bits per heavy atom. The van der Waals surface area contributed by atoms with Gasteiger partial charge in [0.2, 0.25) is 0 Å². The number of nitrogens with zero attached hydrogens (tertiary/aromatic N) is 1. The molecule has 0 aromatic rings. The summed E-state index contributed by atoms with van der Waals surface area (Å²) < 4.78 is 0. The van der Waals surface area contributed by atoms with Gasteiger partial charge < -0.3 is 10.8 Å². The van der Waals surface area contributed by atoms with Gasteiger partial charge in [-0.05, 0) is 6.92 Å². The van der Waals surface area contributed by atoms with E-state index >= 15 is 0 Å². The average molecular weight is 174 g/mol. The second-order valence-corrected chi connectivity index (χ2v) is 3.42. The third kappa shape index (κ3) is 4.65. The van der Waals surface area contributed by atoms with Gasteiger partial charge in [-0.2, -0.15) is 5.26 Å². The molecule has 2 atom stereocenters. The summed E-state index contributed by atoms with van der Waals surface area (Å²) >= 11 is 1.25. The topological polar surface area (TPSA) is 87.1 Å². The van der Waals surface area contributed by atoms with E-state index in [1.165, 1.54) is 11.8 Å². The molecule has 11 heavy (non-hydrogen) atoms. The van der Waals surface area contributed by atoms with Crippen molar-refractivity contribution in [2.45, 2.75) is 18.2 Å². The largest absolute Gasteiger partial charge is 0.480 e. The smallest absolute Gasteiger partial charge is 0.321 e. The maximum absolute atomic E-state index is 10.2. The molecule has 0 aliphatic rings. The zero-order chi connectivity index (χ0) is 8.85. The van der Waals surface area contributed by atoms with E-state index in [1.807, 2.05) is 6.07 Å². The van der Waals surface area contributed by atoms with E-state index in [0.717, 1.165) is 0 Å². The summed E-state index contributed by atoms with van der Waals surface area (Å²) in [6.45, 7) is 1.71. The van der Waals surface area contributed by atoms with Crippen LogP contribution in [0, 0.1) is 11.3 Å². The molecule has 1 unspecified atom stereocenters. The van der Waals surface area contributed by atoms with E-state index < -0.39 is 12.0 Å². The number of hydrogen-bond acceptors (Lipinski definition) is 4. The minimum Gasteiger partial charge on any atom is -0.480 e. The number of hydrogen-bond donors (Lipinski definition) is 2. The lowest BCUT2D eigenvalue weighted by atomic mass is 10.4. The van der Waals surface area contributed by atoms with Crippen LogP contribution >= 0.6 is 11.8 Å². The Hall–Kier alpha value is -0.730. The predicted molar refractivity (Wildman–Crippen MR) is 43.1 cm³/mol. The van der Waals surface area contributed by atoms with Crippen LogP contribution in [0.4, 0.5) is 0 Å². The van der Waals surface area contributed by atoms with E-state index in [9.17, 15) is 4.79 Å². The van der Waals surface area contributed by atoms with Gasteiger partial charge in [-0.25, -0.2) is 0 Å². The SMILES string of the molecule is CC(C#N)SC[C@H](N)C(=O)O. The molecular formula is C6H10N2O2S. The monoisotopic (exact) mass is 174 g/mol. The van der Waals surface area contributed by atoms with E-state index in [0.29, 0.717) is 0 Å². The molecule has 4 nitrogen and oxygen atoms in total. The number of aliphatic carboxylic acids is 1. The molecule has 0 rings (SSSR count). The number of nitrogens with two attached hydrogens (primary N) is 1. The molecule has 0 saturated carbocycles. The fraction of sp³-hybridized carbons (Fsp3) is 0.667. The number of nitriles is 1. The fourth-order valence-electron chi connectivity index (χ4n) is 0.357. The summed E-state index contributed by atoms with van der Waals surface area (Å²) in [5.41, 5.74) is 5.19. The van der Waals surface area contributed by atoms with E-state index in [-0.39, 0.29) is 11.0 Å². The summed E-state index contributed by atoms with van der Waals surface area (Å²) in [6, 6.07) is 1.11. The van der Waals surface area contributed by atoms with Crippen LogP contribution in [0.1, 0.15) is 6.92 Å². The highest BCUT2D eigenvalue weighted by Crippen LogP contribution is 2.09. The van der Waals surface area contributed by atoms with Gasteiger partial charge in [0.25, 0.3) is 0 Å². The third-order valence-electron chi connectivity index (χ3n) is 1.02. The van der Waals surface area contributed by atoms with Gasteiger partial charge in [-0.15, -0.1) is 11.8 Å². The van der Waals surface area contributed by atoms with Crippen molar-refractivity contribution in [2.75, 3.05) is 5.75 Å². The highest BCUT2D eigenvalue weighted by Gasteiger charge is 2.12. The first-order valence-corrected chi connectivity index (χ1v) is 4.12. The zero-order valence-corrected chi connectivity index (χ0v) is 6.97. The first-order chi connectivity index (χ1) is 5.07. The Kier molecular flexibility index (Phi) is 4.66. The lowest BCUT2D eigenvalue weighted by Gasteiger charge is -2.05. The van der Waals surface area contributed by atoms with Gasteiger partial charge in [0, 0.05) is 5.75 Å². The molecule has 0 amide bonds. The van der Waals surface area contributed by atoms with Crippen LogP contribution in [0.5, 0.6) is 0 Å². The lowest BCUT2D eigenvalue weighted by molar-refractivity contribution is -0.137. The minimum absolute atomic E-state index is 0.194. The Morgan fingerprint density at radius 2 is 2.45 bits per heavy atom. The highest BCUT2D eigenvalue weighted by atomic mass is 32.2. The molecule has 0 heterocycles. The summed E-state index contributed by atoms with van der Waals surface area (Å²) in [7, 11) is 0. The van der Waals surface area contributed by atoms with E-state index in [2.05, 4.69) is 0 Å². The molecule has 0 radical (unpaired) electrons. The second-order valence-electron chi connectivity index (χ2n) is 2.05. The summed E-state index contributed by atoms with van der Waals surface area (Å²) in [5.74, 6) is -0.744. The Balaban J connectivity index is 3.55. The summed E-state index contributed by atoms with van der Waals surface area (Å²) in [6.07, 6.45) is 0. The molecule has 0 saturated heterocycles. The quantitative estimate of drug-likeness (QED) is 0.628. The average Bonchev–Trinajstić information content (AvgIpc) is 1.99. The van der Waals surface area contributed by atoms with Crippen molar-refractivity contribution >= 4 is 17.7 Å².